The molecule has 0 saturated carbocycles. The van der Waals surface area contributed by atoms with Crippen LogP contribution in [-0.2, 0) is 0 Å². The van der Waals surface area contributed by atoms with Gasteiger partial charge in [-0.3, -0.25) is 4.79 Å². The number of carbonyl (C=O) groups is 1. The Morgan fingerprint density at radius 3 is 2.75 bits per heavy atom. The normalized spacial score (nSPS) is 11.2. The SMILES string of the molecule is CC(C)n1ccc(/C=N\NC(=O)c2ccccc2Br)c1. The smallest absolute Gasteiger partial charge is 0.272 e. The largest absolute Gasteiger partial charge is 0.351 e. The van der Waals surface area contributed by atoms with E-state index in [1.807, 2.05) is 36.7 Å². The fourth-order valence-corrected chi connectivity index (χ4v) is 2.16. The van der Waals surface area contributed by atoms with Gasteiger partial charge in [0, 0.05) is 28.5 Å². The quantitative estimate of drug-likeness (QED) is 0.674. The highest BCUT2D eigenvalue weighted by molar-refractivity contribution is 9.10. The monoisotopic (exact) mass is 333 g/mol. The van der Waals surface area contributed by atoms with Crippen LogP contribution >= 0.6 is 15.9 Å². The topological polar surface area (TPSA) is 46.4 Å². The highest BCUT2D eigenvalue weighted by Gasteiger charge is 2.07. The molecule has 2 rings (SSSR count). The lowest BCUT2D eigenvalue weighted by atomic mass is 10.2. The van der Waals surface area contributed by atoms with Crippen molar-refractivity contribution in [2.24, 2.45) is 5.10 Å². The first-order valence-electron chi connectivity index (χ1n) is 6.33. The number of hydrazone groups is 1. The van der Waals surface area contributed by atoms with E-state index in [4.69, 9.17) is 0 Å². The molecule has 2 aromatic rings. The molecule has 1 N–H and O–H groups in total. The molecule has 4 nitrogen and oxygen atoms in total. The van der Waals surface area contributed by atoms with Gasteiger partial charge in [0.25, 0.3) is 5.91 Å². The van der Waals surface area contributed by atoms with Crippen LogP contribution in [0.15, 0.2) is 52.3 Å². The summed E-state index contributed by atoms with van der Waals surface area (Å²) >= 11 is 3.34. The fraction of sp³-hybridized carbons (Fsp3) is 0.200. The maximum atomic E-state index is 11.9. The Kier molecular flexibility index (Phi) is 4.74. The second-order valence-electron chi connectivity index (χ2n) is 4.66. The van der Waals surface area contributed by atoms with Crippen molar-refractivity contribution in [2.45, 2.75) is 19.9 Å². The van der Waals surface area contributed by atoms with Gasteiger partial charge < -0.3 is 4.57 Å². The molecule has 0 fully saturated rings. The van der Waals surface area contributed by atoms with Crippen molar-refractivity contribution in [2.75, 3.05) is 0 Å². The van der Waals surface area contributed by atoms with Crippen molar-refractivity contribution in [3.05, 3.63) is 58.3 Å². The third-order valence-electron chi connectivity index (χ3n) is 2.83. The van der Waals surface area contributed by atoms with Crippen LogP contribution in [0.25, 0.3) is 0 Å². The maximum absolute atomic E-state index is 11.9. The Balaban J connectivity index is 1.99. The summed E-state index contributed by atoms with van der Waals surface area (Å²) in [6.07, 6.45) is 5.61. The predicted molar refractivity (Wildman–Crippen MR) is 84.0 cm³/mol. The molecule has 1 amide bonds. The van der Waals surface area contributed by atoms with Gasteiger partial charge in [-0.2, -0.15) is 5.10 Å². The summed E-state index contributed by atoms with van der Waals surface area (Å²) in [4.78, 5) is 11.9. The summed E-state index contributed by atoms with van der Waals surface area (Å²) in [6, 6.07) is 9.59. The van der Waals surface area contributed by atoms with Crippen LogP contribution in [0.1, 0.15) is 35.8 Å². The Morgan fingerprint density at radius 2 is 2.10 bits per heavy atom. The molecule has 0 spiro atoms. The minimum atomic E-state index is -0.239. The number of amides is 1. The fourth-order valence-electron chi connectivity index (χ4n) is 1.70. The molecular formula is C15H16BrN3O. The lowest BCUT2D eigenvalue weighted by Crippen LogP contribution is -2.17. The van der Waals surface area contributed by atoms with Crippen molar-refractivity contribution in [1.82, 2.24) is 9.99 Å². The molecule has 0 aliphatic rings. The third kappa shape index (κ3) is 3.57. The first-order valence-corrected chi connectivity index (χ1v) is 7.12. The van der Waals surface area contributed by atoms with Gasteiger partial charge in [0.2, 0.25) is 0 Å². The van der Waals surface area contributed by atoms with E-state index in [9.17, 15) is 4.79 Å². The first-order chi connectivity index (χ1) is 9.58. The Morgan fingerprint density at radius 1 is 1.35 bits per heavy atom. The Labute approximate surface area is 126 Å². The predicted octanol–water partition coefficient (Wildman–Crippen LogP) is 3.60. The van der Waals surface area contributed by atoms with Crippen molar-refractivity contribution >= 4 is 28.1 Å². The van der Waals surface area contributed by atoms with Crippen LogP contribution in [-0.4, -0.2) is 16.7 Å². The van der Waals surface area contributed by atoms with Crippen LogP contribution in [0.5, 0.6) is 0 Å². The summed E-state index contributed by atoms with van der Waals surface area (Å²) < 4.78 is 2.83. The summed E-state index contributed by atoms with van der Waals surface area (Å²) in [5.41, 5.74) is 4.03. The van der Waals surface area contributed by atoms with Crippen LogP contribution in [0, 0.1) is 0 Å². The van der Waals surface area contributed by atoms with E-state index in [2.05, 4.69) is 44.9 Å². The zero-order valence-corrected chi connectivity index (χ0v) is 13.0. The van der Waals surface area contributed by atoms with E-state index >= 15 is 0 Å². The summed E-state index contributed by atoms with van der Waals surface area (Å²) in [6.45, 7) is 4.21. The van der Waals surface area contributed by atoms with Gasteiger partial charge in [0.1, 0.15) is 0 Å². The molecule has 0 bridgehead atoms. The summed E-state index contributed by atoms with van der Waals surface area (Å²) in [5.74, 6) is -0.239. The second kappa shape index (κ2) is 6.52. The average molecular weight is 334 g/mol. The number of nitrogens with one attached hydrogen (secondary N) is 1. The summed E-state index contributed by atoms with van der Waals surface area (Å²) in [7, 11) is 0. The molecule has 20 heavy (non-hydrogen) atoms. The molecule has 1 aromatic carbocycles. The van der Waals surface area contributed by atoms with E-state index in [-0.39, 0.29) is 5.91 Å². The number of rotatable bonds is 4. The number of nitrogens with zero attached hydrogens (tertiary/aromatic N) is 2. The molecule has 0 aliphatic carbocycles. The zero-order valence-electron chi connectivity index (χ0n) is 11.4. The molecule has 0 saturated heterocycles. The molecule has 104 valence electrons. The van der Waals surface area contributed by atoms with Crippen LogP contribution in [0.3, 0.4) is 0 Å². The van der Waals surface area contributed by atoms with Crippen molar-refractivity contribution in [3.8, 4) is 0 Å². The van der Waals surface area contributed by atoms with E-state index < -0.39 is 0 Å². The highest BCUT2D eigenvalue weighted by Crippen LogP contribution is 2.15. The molecule has 1 aromatic heterocycles. The van der Waals surface area contributed by atoms with Crippen molar-refractivity contribution < 1.29 is 4.79 Å². The lowest BCUT2D eigenvalue weighted by Gasteiger charge is -2.04. The highest BCUT2D eigenvalue weighted by atomic mass is 79.9. The molecule has 5 heteroatoms. The number of hydrogen-bond acceptors (Lipinski definition) is 2. The van der Waals surface area contributed by atoms with Crippen LogP contribution in [0.2, 0.25) is 0 Å². The van der Waals surface area contributed by atoms with Gasteiger partial charge >= 0.3 is 0 Å². The number of halogens is 1. The molecule has 0 radical (unpaired) electrons. The molecule has 0 aliphatic heterocycles. The number of carbonyl (C=O) groups excluding carboxylic acids is 1. The molecule has 0 unspecified atom stereocenters. The van der Waals surface area contributed by atoms with E-state index in [0.717, 1.165) is 10.0 Å². The molecule has 0 atom stereocenters. The van der Waals surface area contributed by atoms with Gasteiger partial charge in [0.05, 0.1) is 11.8 Å². The average Bonchev–Trinajstić information content (AvgIpc) is 2.88. The van der Waals surface area contributed by atoms with Crippen molar-refractivity contribution in [3.63, 3.8) is 0 Å². The minimum absolute atomic E-state index is 0.239. The van der Waals surface area contributed by atoms with Gasteiger partial charge in [-0.1, -0.05) is 12.1 Å². The third-order valence-corrected chi connectivity index (χ3v) is 3.52. The van der Waals surface area contributed by atoms with Gasteiger partial charge in [-0.25, -0.2) is 5.43 Å². The molecule has 1 heterocycles. The Bertz CT molecular complexity index is 632. The van der Waals surface area contributed by atoms with Crippen molar-refractivity contribution in [1.29, 1.82) is 0 Å². The van der Waals surface area contributed by atoms with Crippen LogP contribution < -0.4 is 5.43 Å². The first kappa shape index (κ1) is 14.5. The van der Waals surface area contributed by atoms with Gasteiger partial charge in [-0.15, -0.1) is 0 Å². The zero-order chi connectivity index (χ0) is 14.5. The lowest BCUT2D eigenvalue weighted by molar-refractivity contribution is 0.0954. The number of aromatic nitrogens is 1. The van der Waals surface area contributed by atoms with Gasteiger partial charge in [0.15, 0.2) is 0 Å². The van der Waals surface area contributed by atoms with Crippen LogP contribution in [0.4, 0.5) is 0 Å². The minimum Gasteiger partial charge on any atom is -0.351 e. The number of hydrogen-bond donors (Lipinski definition) is 1. The standard InChI is InChI=1S/C15H16BrN3O/c1-11(2)19-8-7-12(10-19)9-17-18-15(20)13-5-3-4-6-14(13)16/h3-11H,1-2H3,(H,18,20)/b17-9-. The molecular weight excluding hydrogens is 318 g/mol. The number of benzene rings is 1. The van der Waals surface area contributed by atoms with E-state index in [0.29, 0.717) is 11.6 Å². The Hall–Kier alpha value is -1.88. The second-order valence-corrected chi connectivity index (χ2v) is 5.52. The van der Waals surface area contributed by atoms with Gasteiger partial charge in [-0.05, 0) is 48.0 Å². The van der Waals surface area contributed by atoms with E-state index in [1.165, 1.54) is 0 Å². The summed E-state index contributed by atoms with van der Waals surface area (Å²) in [5, 5.41) is 3.97. The maximum Gasteiger partial charge on any atom is 0.272 e. The van der Waals surface area contributed by atoms with E-state index in [1.54, 1.807) is 12.3 Å².